The van der Waals surface area contributed by atoms with Gasteiger partial charge in [0.25, 0.3) is 0 Å². The van der Waals surface area contributed by atoms with E-state index in [9.17, 15) is 0 Å². The van der Waals surface area contributed by atoms with Gasteiger partial charge < -0.3 is 15.2 Å². The smallest absolute Gasteiger partial charge is 0.190 e. The van der Waals surface area contributed by atoms with Gasteiger partial charge in [0.1, 0.15) is 12.7 Å². The summed E-state index contributed by atoms with van der Waals surface area (Å²) in [5, 5.41) is 14.3. The summed E-state index contributed by atoms with van der Waals surface area (Å²) >= 11 is 0. The highest BCUT2D eigenvalue weighted by atomic mass is 15.2. The molecule has 0 bridgehead atoms. The van der Waals surface area contributed by atoms with Crippen LogP contribution in [-0.2, 0) is 6.54 Å². The maximum Gasteiger partial charge on any atom is 0.190 e. The zero-order valence-electron chi connectivity index (χ0n) is 13.9. The normalized spacial score (nSPS) is 12.9. The van der Waals surface area contributed by atoms with Crippen LogP contribution in [0.3, 0.4) is 0 Å². The average Bonchev–Trinajstić information content (AvgIpc) is 3.11. The molecule has 1 atom stereocenters. The molecule has 0 saturated carbocycles. The number of aryl methyl sites for hydroxylation is 1. The Morgan fingerprint density at radius 1 is 1.13 bits per heavy atom. The number of nitrogens with one attached hydrogen (secondary N) is 2. The van der Waals surface area contributed by atoms with Gasteiger partial charge in [-0.1, -0.05) is 37.3 Å². The fourth-order valence-electron chi connectivity index (χ4n) is 2.33. The van der Waals surface area contributed by atoms with Crippen LogP contribution >= 0.6 is 0 Å². The van der Waals surface area contributed by atoms with Crippen LogP contribution in [-0.4, -0.2) is 40.9 Å². The van der Waals surface area contributed by atoms with Crippen LogP contribution in [0.2, 0.25) is 0 Å². The molecule has 0 spiro atoms. The van der Waals surface area contributed by atoms with Gasteiger partial charge in [0.05, 0.1) is 0 Å². The van der Waals surface area contributed by atoms with E-state index in [0.717, 1.165) is 38.4 Å². The van der Waals surface area contributed by atoms with Crippen molar-refractivity contribution in [3.63, 3.8) is 0 Å². The van der Waals surface area contributed by atoms with Crippen LogP contribution in [0.1, 0.15) is 31.2 Å². The highest BCUT2D eigenvalue weighted by Crippen LogP contribution is 2.12. The SMILES string of the molecule is CN=C(NCCCCn1cnnc1)NCC(C)c1ccccc1. The second-order valence-corrected chi connectivity index (χ2v) is 5.60. The average molecular weight is 314 g/mol. The van der Waals surface area contributed by atoms with Crippen LogP contribution in [0.4, 0.5) is 0 Å². The Bertz CT molecular complexity index is 564. The number of hydrogen-bond acceptors (Lipinski definition) is 3. The highest BCUT2D eigenvalue weighted by Gasteiger charge is 2.05. The summed E-state index contributed by atoms with van der Waals surface area (Å²) in [5.41, 5.74) is 1.34. The van der Waals surface area contributed by atoms with Crippen molar-refractivity contribution in [2.75, 3.05) is 20.1 Å². The molecule has 0 radical (unpaired) electrons. The Morgan fingerprint density at radius 3 is 2.57 bits per heavy atom. The third kappa shape index (κ3) is 6.10. The largest absolute Gasteiger partial charge is 0.356 e. The molecular formula is C17H26N6. The molecule has 6 nitrogen and oxygen atoms in total. The third-order valence-electron chi connectivity index (χ3n) is 3.77. The maximum atomic E-state index is 4.27. The Hall–Kier alpha value is -2.37. The van der Waals surface area contributed by atoms with Crippen molar-refractivity contribution in [1.29, 1.82) is 0 Å². The molecule has 6 heteroatoms. The Morgan fingerprint density at radius 2 is 1.87 bits per heavy atom. The molecule has 2 rings (SSSR count). The highest BCUT2D eigenvalue weighted by molar-refractivity contribution is 5.79. The van der Waals surface area contributed by atoms with Crippen molar-refractivity contribution in [3.8, 4) is 0 Å². The Kier molecular flexibility index (Phi) is 7.10. The fourth-order valence-corrected chi connectivity index (χ4v) is 2.33. The van der Waals surface area contributed by atoms with Gasteiger partial charge in [0, 0.05) is 26.7 Å². The summed E-state index contributed by atoms with van der Waals surface area (Å²) in [6, 6.07) is 10.5. The first-order valence-electron chi connectivity index (χ1n) is 8.11. The quantitative estimate of drug-likeness (QED) is 0.444. The molecule has 23 heavy (non-hydrogen) atoms. The van der Waals surface area contributed by atoms with E-state index >= 15 is 0 Å². The van der Waals surface area contributed by atoms with Gasteiger partial charge in [-0.05, 0) is 24.3 Å². The monoisotopic (exact) mass is 314 g/mol. The lowest BCUT2D eigenvalue weighted by molar-refractivity contribution is 0.596. The summed E-state index contributed by atoms with van der Waals surface area (Å²) in [5.74, 6) is 1.31. The minimum atomic E-state index is 0.448. The van der Waals surface area contributed by atoms with Crippen LogP contribution in [0.5, 0.6) is 0 Å². The second kappa shape index (κ2) is 9.61. The van der Waals surface area contributed by atoms with Gasteiger partial charge in [-0.15, -0.1) is 10.2 Å². The summed E-state index contributed by atoms with van der Waals surface area (Å²) in [6.07, 6.45) is 5.66. The second-order valence-electron chi connectivity index (χ2n) is 5.60. The number of benzene rings is 1. The number of guanidine groups is 1. The molecule has 1 heterocycles. The van der Waals surface area contributed by atoms with Crippen LogP contribution in [0, 0.1) is 0 Å². The van der Waals surface area contributed by atoms with Crippen molar-refractivity contribution < 1.29 is 0 Å². The van der Waals surface area contributed by atoms with Gasteiger partial charge in [-0.3, -0.25) is 4.99 Å². The molecule has 0 amide bonds. The number of aromatic nitrogens is 3. The molecule has 1 aromatic carbocycles. The summed E-state index contributed by atoms with van der Waals surface area (Å²) in [7, 11) is 1.81. The predicted octanol–water partition coefficient (Wildman–Crippen LogP) is 2.03. The van der Waals surface area contributed by atoms with E-state index in [2.05, 4.69) is 57.0 Å². The van der Waals surface area contributed by atoms with Crippen molar-refractivity contribution in [1.82, 2.24) is 25.4 Å². The standard InChI is InChI=1S/C17H26N6/c1-15(16-8-4-3-5-9-16)12-20-17(18-2)19-10-6-7-11-23-13-21-22-14-23/h3-5,8-9,13-15H,6-7,10-12H2,1-2H3,(H2,18,19,20). The predicted molar refractivity (Wildman–Crippen MR) is 93.5 cm³/mol. The molecular weight excluding hydrogens is 288 g/mol. The van der Waals surface area contributed by atoms with Crippen LogP contribution < -0.4 is 10.6 Å². The van der Waals surface area contributed by atoms with Gasteiger partial charge in [-0.2, -0.15) is 0 Å². The van der Waals surface area contributed by atoms with E-state index in [1.807, 2.05) is 10.6 Å². The molecule has 0 aliphatic heterocycles. The lowest BCUT2D eigenvalue weighted by atomic mass is 10.0. The number of rotatable bonds is 8. The van der Waals surface area contributed by atoms with E-state index < -0.39 is 0 Å². The lowest BCUT2D eigenvalue weighted by Crippen LogP contribution is -2.39. The molecule has 1 unspecified atom stereocenters. The van der Waals surface area contributed by atoms with Gasteiger partial charge in [0.15, 0.2) is 5.96 Å². The fraction of sp³-hybridized carbons (Fsp3) is 0.471. The van der Waals surface area contributed by atoms with Crippen molar-refractivity contribution in [2.24, 2.45) is 4.99 Å². The van der Waals surface area contributed by atoms with E-state index in [1.165, 1.54) is 5.56 Å². The first-order chi connectivity index (χ1) is 11.3. The van der Waals surface area contributed by atoms with Crippen LogP contribution in [0.25, 0.3) is 0 Å². The van der Waals surface area contributed by atoms with Gasteiger partial charge in [0.2, 0.25) is 0 Å². The van der Waals surface area contributed by atoms with Gasteiger partial charge in [-0.25, -0.2) is 0 Å². The first-order valence-corrected chi connectivity index (χ1v) is 8.11. The zero-order valence-corrected chi connectivity index (χ0v) is 13.9. The molecule has 2 N–H and O–H groups in total. The maximum absolute atomic E-state index is 4.27. The molecule has 0 aliphatic rings. The van der Waals surface area contributed by atoms with E-state index in [1.54, 1.807) is 19.7 Å². The molecule has 0 saturated heterocycles. The van der Waals surface area contributed by atoms with Crippen molar-refractivity contribution >= 4 is 5.96 Å². The van der Waals surface area contributed by atoms with Gasteiger partial charge >= 0.3 is 0 Å². The topological polar surface area (TPSA) is 67.1 Å². The Labute approximate surface area is 138 Å². The first kappa shape index (κ1) is 17.0. The zero-order chi connectivity index (χ0) is 16.3. The summed E-state index contributed by atoms with van der Waals surface area (Å²) in [4.78, 5) is 4.27. The number of aliphatic imine (C=N–C) groups is 1. The molecule has 0 aliphatic carbocycles. The summed E-state index contributed by atoms with van der Waals surface area (Å²) < 4.78 is 1.99. The minimum absolute atomic E-state index is 0.448. The van der Waals surface area contributed by atoms with Crippen LogP contribution in [0.15, 0.2) is 48.0 Å². The molecule has 1 aromatic heterocycles. The lowest BCUT2D eigenvalue weighted by Gasteiger charge is -2.16. The van der Waals surface area contributed by atoms with Crippen molar-refractivity contribution in [2.45, 2.75) is 32.2 Å². The molecule has 2 aromatic rings. The molecule has 124 valence electrons. The van der Waals surface area contributed by atoms with E-state index in [0.29, 0.717) is 5.92 Å². The summed E-state index contributed by atoms with van der Waals surface area (Å²) in [6.45, 7) is 4.94. The molecule has 0 fully saturated rings. The van der Waals surface area contributed by atoms with E-state index in [-0.39, 0.29) is 0 Å². The van der Waals surface area contributed by atoms with Crippen molar-refractivity contribution in [3.05, 3.63) is 48.5 Å². The third-order valence-corrected chi connectivity index (χ3v) is 3.77. The Balaban J connectivity index is 1.61. The van der Waals surface area contributed by atoms with E-state index in [4.69, 9.17) is 0 Å². The number of unbranched alkanes of at least 4 members (excludes halogenated alkanes) is 1. The minimum Gasteiger partial charge on any atom is -0.356 e. The number of hydrogen-bond donors (Lipinski definition) is 2. The number of nitrogens with zero attached hydrogens (tertiary/aromatic N) is 4.